The van der Waals surface area contributed by atoms with Gasteiger partial charge in [0, 0.05) is 28.0 Å². The number of anilines is 2. The van der Waals surface area contributed by atoms with Crippen LogP contribution in [0.25, 0.3) is 22.3 Å². The molecule has 0 aliphatic carbocycles. The summed E-state index contributed by atoms with van der Waals surface area (Å²) in [5.74, 6) is 0.497. The molecule has 3 aromatic rings. The molecule has 0 unspecified atom stereocenters. The fourth-order valence-corrected chi connectivity index (χ4v) is 2.30. The van der Waals surface area contributed by atoms with E-state index in [-0.39, 0.29) is 0 Å². The van der Waals surface area contributed by atoms with E-state index in [0.717, 1.165) is 27.9 Å². The average Bonchev–Trinajstić information content (AvgIpc) is 2.50. The Hall–Kier alpha value is -2.52. The molecule has 0 saturated heterocycles. The first kappa shape index (κ1) is 13.5. The van der Waals surface area contributed by atoms with Gasteiger partial charge in [-0.25, -0.2) is 4.98 Å². The van der Waals surface area contributed by atoms with E-state index in [4.69, 9.17) is 23.1 Å². The van der Waals surface area contributed by atoms with Gasteiger partial charge in [-0.05, 0) is 41.5 Å². The molecule has 0 spiro atoms. The smallest absolute Gasteiger partial charge is 0.131 e. The van der Waals surface area contributed by atoms with Crippen molar-refractivity contribution in [3.8, 4) is 22.3 Å². The Morgan fingerprint density at radius 3 is 2.05 bits per heavy atom. The topological polar surface area (TPSA) is 64.9 Å². The van der Waals surface area contributed by atoms with Gasteiger partial charge in [-0.1, -0.05) is 35.9 Å². The standard InChI is InChI=1S/C17H14ClN3/c18-14-5-1-12(2-6-14)16-9-13(10-21-17(16)20)11-3-7-15(19)8-4-11/h1-10H,19H2,(H2,20,21). The maximum Gasteiger partial charge on any atom is 0.131 e. The van der Waals surface area contributed by atoms with Crippen LogP contribution in [0.3, 0.4) is 0 Å². The molecule has 2 aromatic carbocycles. The van der Waals surface area contributed by atoms with Gasteiger partial charge in [0.05, 0.1) is 0 Å². The van der Waals surface area contributed by atoms with Crippen molar-refractivity contribution in [2.75, 3.05) is 11.5 Å². The number of nitrogens with zero attached hydrogens (tertiary/aromatic N) is 1. The van der Waals surface area contributed by atoms with Gasteiger partial charge in [-0.15, -0.1) is 0 Å². The van der Waals surface area contributed by atoms with Crippen LogP contribution < -0.4 is 11.5 Å². The number of rotatable bonds is 2. The molecular weight excluding hydrogens is 282 g/mol. The average molecular weight is 296 g/mol. The number of aromatic nitrogens is 1. The van der Waals surface area contributed by atoms with Crippen LogP contribution in [-0.4, -0.2) is 4.98 Å². The highest BCUT2D eigenvalue weighted by Gasteiger charge is 2.07. The Bertz CT molecular complexity index is 765. The summed E-state index contributed by atoms with van der Waals surface area (Å²) in [5.41, 5.74) is 16.4. The van der Waals surface area contributed by atoms with Gasteiger partial charge in [-0.2, -0.15) is 0 Å². The number of pyridine rings is 1. The van der Waals surface area contributed by atoms with E-state index in [2.05, 4.69) is 4.98 Å². The van der Waals surface area contributed by atoms with Crippen molar-refractivity contribution >= 4 is 23.1 Å². The van der Waals surface area contributed by atoms with E-state index < -0.39 is 0 Å². The van der Waals surface area contributed by atoms with Crippen molar-refractivity contribution in [2.24, 2.45) is 0 Å². The Morgan fingerprint density at radius 1 is 0.762 bits per heavy atom. The summed E-state index contributed by atoms with van der Waals surface area (Å²) < 4.78 is 0. The normalized spacial score (nSPS) is 10.5. The Balaban J connectivity index is 2.07. The number of nitrogen functional groups attached to an aromatic ring is 2. The molecule has 104 valence electrons. The summed E-state index contributed by atoms with van der Waals surface area (Å²) in [6.07, 6.45) is 1.76. The van der Waals surface area contributed by atoms with Crippen LogP contribution in [0.15, 0.2) is 60.8 Å². The molecule has 0 fully saturated rings. The van der Waals surface area contributed by atoms with Crippen molar-refractivity contribution < 1.29 is 0 Å². The molecule has 3 rings (SSSR count). The molecule has 0 atom stereocenters. The highest BCUT2D eigenvalue weighted by molar-refractivity contribution is 6.30. The van der Waals surface area contributed by atoms with Crippen molar-refractivity contribution in [1.29, 1.82) is 0 Å². The van der Waals surface area contributed by atoms with Crippen LogP contribution in [0.1, 0.15) is 0 Å². The molecule has 1 heterocycles. The Labute approximate surface area is 128 Å². The highest BCUT2D eigenvalue weighted by atomic mass is 35.5. The molecule has 0 aliphatic heterocycles. The fourth-order valence-electron chi connectivity index (χ4n) is 2.17. The third kappa shape index (κ3) is 2.83. The SMILES string of the molecule is Nc1ccc(-c2cnc(N)c(-c3ccc(Cl)cc3)c2)cc1. The molecule has 0 amide bonds. The number of halogens is 1. The fraction of sp³-hybridized carbons (Fsp3) is 0. The molecule has 21 heavy (non-hydrogen) atoms. The van der Waals surface area contributed by atoms with E-state index in [1.165, 1.54) is 0 Å². The van der Waals surface area contributed by atoms with Gasteiger partial charge in [0.1, 0.15) is 5.82 Å². The van der Waals surface area contributed by atoms with E-state index in [9.17, 15) is 0 Å². The quantitative estimate of drug-likeness (QED) is 0.695. The molecular formula is C17H14ClN3. The number of benzene rings is 2. The first-order valence-corrected chi connectivity index (χ1v) is 6.88. The van der Waals surface area contributed by atoms with Crippen LogP contribution in [0.4, 0.5) is 11.5 Å². The van der Waals surface area contributed by atoms with Crippen molar-refractivity contribution in [1.82, 2.24) is 4.98 Å². The summed E-state index contributed by atoms with van der Waals surface area (Å²) in [4.78, 5) is 4.29. The van der Waals surface area contributed by atoms with Gasteiger partial charge in [0.2, 0.25) is 0 Å². The monoisotopic (exact) mass is 295 g/mol. The Morgan fingerprint density at radius 2 is 1.38 bits per heavy atom. The molecule has 0 aliphatic rings. The van der Waals surface area contributed by atoms with Crippen LogP contribution in [-0.2, 0) is 0 Å². The largest absolute Gasteiger partial charge is 0.399 e. The lowest BCUT2D eigenvalue weighted by Gasteiger charge is -2.09. The van der Waals surface area contributed by atoms with Crippen molar-refractivity contribution in [3.63, 3.8) is 0 Å². The third-order valence-corrected chi connectivity index (χ3v) is 3.57. The minimum Gasteiger partial charge on any atom is -0.399 e. The molecule has 4 heteroatoms. The molecule has 1 aromatic heterocycles. The van der Waals surface area contributed by atoms with Gasteiger partial charge in [0.25, 0.3) is 0 Å². The lowest BCUT2D eigenvalue weighted by molar-refractivity contribution is 1.33. The second-order valence-corrected chi connectivity index (χ2v) is 5.22. The molecule has 4 N–H and O–H groups in total. The first-order chi connectivity index (χ1) is 10.1. The van der Waals surface area contributed by atoms with Crippen LogP contribution in [0.2, 0.25) is 5.02 Å². The maximum atomic E-state index is 6.00. The van der Waals surface area contributed by atoms with Crippen LogP contribution in [0, 0.1) is 0 Å². The number of nitrogens with two attached hydrogens (primary N) is 2. The van der Waals surface area contributed by atoms with Crippen molar-refractivity contribution in [2.45, 2.75) is 0 Å². The molecule has 0 radical (unpaired) electrons. The van der Waals surface area contributed by atoms with E-state index in [0.29, 0.717) is 10.8 Å². The minimum absolute atomic E-state index is 0.497. The molecule has 3 nitrogen and oxygen atoms in total. The second-order valence-electron chi connectivity index (χ2n) is 4.79. The summed E-state index contributed by atoms with van der Waals surface area (Å²) in [6.45, 7) is 0. The van der Waals surface area contributed by atoms with Crippen LogP contribution in [0.5, 0.6) is 0 Å². The Kier molecular flexibility index (Phi) is 3.50. The zero-order valence-electron chi connectivity index (χ0n) is 11.3. The third-order valence-electron chi connectivity index (χ3n) is 3.32. The van der Waals surface area contributed by atoms with Gasteiger partial charge in [-0.3, -0.25) is 0 Å². The predicted molar refractivity (Wildman–Crippen MR) is 88.9 cm³/mol. The lowest BCUT2D eigenvalue weighted by Crippen LogP contribution is -1.95. The van der Waals surface area contributed by atoms with Crippen LogP contribution >= 0.6 is 11.6 Å². The van der Waals surface area contributed by atoms with Gasteiger partial charge >= 0.3 is 0 Å². The lowest BCUT2D eigenvalue weighted by atomic mass is 10.0. The zero-order valence-corrected chi connectivity index (χ0v) is 12.0. The van der Waals surface area contributed by atoms with E-state index >= 15 is 0 Å². The molecule has 0 saturated carbocycles. The summed E-state index contributed by atoms with van der Waals surface area (Å²) >= 11 is 5.92. The summed E-state index contributed by atoms with van der Waals surface area (Å²) in [5, 5.41) is 0.694. The summed E-state index contributed by atoms with van der Waals surface area (Å²) in [7, 11) is 0. The number of hydrogen-bond donors (Lipinski definition) is 2. The van der Waals surface area contributed by atoms with E-state index in [1.807, 2.05) is 54.6 Å². The first-order valence-electron chi connectivity index (χ1n) is 6.51. The van der Waals surface area contributed by atoms with E-state index in [1.54, 1.807) is 6.20 Å². The zero-order chi connectivity index (χ0) is 14.8. The maximum absolute atomic E-state index is 6.00. The predicted octanol–water partition coefficient (Wildman–Crippen LogP) is 4.23. The summed E-state index contributed by atoms with van der Waals surface area (Å²) in [6, 6.07) is 17.2. The van der Waals surface area contributed by atoms with Crippen molar-refractivity contribution in [3.05, 3.63) is 65.8 Å². The highest BCUT2D eigenvalue weighted by Crippen LogP contribution is 2.30. The second kappa shape index (κ2) is 5.46. The van der Waals surface area contributed by atoms with Gasteiger partial charge in [0.15, 0.2) is 0 Å². The van der Waals surface area contributed by atoms with Gasteiger partial charge < -0.3 is 11.5 Å². The minimum atomic E-state index is 0.497. The number of hydrogen-bond acceptors (Lipinski definition) is 3. The molecule has 0 bridgehead atoms.